The summed E-state index contributed by atoms with van der Waals surface area (Å²) in [5.74, 6) is -2.85. The smallest absolute Gasteiger partial charge is 0.404 e. The lowest BCUT2D eigenvalue weighted by Crippen LogP contribution is -2.60. The van der Waals surface area contributed by atoms with Crippen molar-refractivity contribution in [2.45, 2.75) is 63.4 Å². The molecule has 0 spiro atoms. The number of carbonyl (C=O) groups excluding carboxylic acids is 1. The normalized spacial score (nSPS) is 43.1. The molecule has 3 saturated heterocycles. The van der Waals surface area contributed by atoms with Gasteiger partial charge >= 0.3 is 6.09 Å². The van der Waals surface area contributed by atoms with Gasteiger partial charge in [0.05, 0.1) is 6.61 Å². The van der Waals surface area contributed by atoms with Crippen LogP contribution in [0.15, 0.2) is 0 Å². The van der Waals surface area contributed by atoms with Gasteiger partial charge in [-0.2, -0.15) is 0 Å². The van der Waals surface area contributed by atoms with E-state index in [0.29, 0.717) is 0 Å². The first-order valence-electron chi connectivity index (χ1n) is 6.92. The minimum absolute atomic E-state index is 0.163. The highest BCUT2D eigenvalue weighted by Gasteiger charge is 2.65. The molecular weight excluding hydrogens is 282 g/mol. The summed E-state index contributed by atoms with van der Waals surface area (Å²) in [6.45, 7) is 7.27. The lowest BCUT2D eigenvalue weighted by molar-refractivity contribution is -0.293. The van der Waals surface area contributed by atoms with Crippen LogP contribution in [0.5, 0.6) is 0 Å². The molecule has 2 N–H and O–H groups in total. The Morgan fingerprint density at radius 1 is 1.19 bits per heavy atom. The number of ether oxygens (including phenoxy) is 6. The third kappa shape index (κ3) is 2.62. The topological polar surface area (TPSA) is 98.5 Å². The third-order valence-electron chi connectivity index (χ3n) is 3.69. The molecule has 3 fully saturated rings. The summed E-state index contributed by atoms with van der Waals surface area (Å²) in [5, 5.41) is 0. The Morgan fingerprint density at radius 2 is 1.90 bits per heavy atom. The quantitative estimate of drug-likeness (QED) is 0.792. The van der Waals surface area contributed by atoms with Gasteiger partial charge < -0.3 is 34.2 Å². The second-order valence-corrected chi connectivity index (χ2v) is 6.41. The lowest BCUT2D eigenvalue weighted by Gasteiger charge is -2.39. The molecule has 8 heteroatoms. The van der Waals surface area contributed by atoms with E-state index in [2.05, 4.69) is 0 Å². The Bertz CT molecular complexity index is 452. The molecule has 0 aromatic carbocycles. The van der Waals surface area contributed by atoms with Crippen molar-refractivity contribution in [2.75, 3.05) is 13.2 Å². The van der Waals surface area contributed by atoms with Crippen molar-refractivity contribution in [1.82, 2.24) is 0 Å². The van der Waals surface area contributed by atoms with Crippen molar-refractivity contribution >= 4 is 6.09 Å². The summed E-state index contributed by atoms with van der Waals surface area (Å²) in [7, 11) is 0. The molecule has 0 unspecified atom stereocenters. The molecule has 8 nitrogen and oxygen atoms in total. The van der Waals surface area contributed by atoms with Gasteiger partial charge in [-0.05, 0) is 27.7 Å². The standard InChI is InChI=1S/C13H21NO7/c1-11(2)18-7-5-17-13(6-16-10(14)15)9(8(7)19-11)20-12(3,4)21-13/h7-9H,5-6H2,1-4H3,(H2,14,15)/t7-,8-,9+,13+/m1/s1. The first-order chi connectivity index (χ1) is 9.63. The predicted octanol–water partition coefficient (Wildman–Crippen LogP) is 0.480. The van der Waals surface area contributed by atoms with Crippen molar-refractivity contribution in [3.05, 3.63) is 0 Å². The van der Waals surface area contributed by atoms with E-state index in [1.807, 2.05) is 13.8 Å². The Balaban J connectivity index is 1.86. The Kier molecular flexibility index (Phi) is 3.23. The van der Waals surface area contributed by atoms with Crippen molar-refractivity contribution in [3.63, 3.8) is 0 Å². The number of amides is 1. The Morgan fingerprint density at radius 3 is 2.57 bits per heavy atom. The van der Waals surface area contributed by atoms with Crippen LogP contribution < -0.4 is 5.73 Å². The second kappa shape index (κ2) is 4.53. The van der Waals surface area contributed by atoms with Gasteiger partial charge in [-0.3, -0.25) is 0 Å². The molecule has 0 saturated carbocycles. The zero-order valence-corrected chi connectivity index (χ0v) is 12.6. The number of fused-ring (bicyclic) bond motifs is 3. The first-order valence-corrected chi connectivity index (χ1v) is 6.92. The summed E-state index contributed by atoms with van der Waals surface area (Å²) in [5.41, 5.74) is 5.04. The molecule has 0 bridgehead atoms. The fourth-order valence-electron chi connectivity index (χ4n) is 3.12. The monoisotopic (exact) mass is 303 g/mol. The maximum Gasteiger partial charge on any atom is 0.404 e. The van der Waals surface area contributed by atoms with Gasteiger partial charge in [0.2, 0.25) is 5.79 Å². The predicted molar refractivity (Wildman–Crippen MR) is 68.1 cm³/mol. The number of hydrogen-bond donors (Lipinski definition) is 1. The first kappa shape index (κ1) is 15.0. The minimum atomic E-state index is -1.23. The highest BCUT2D eigenvalue weighted by Crippen LogP contribution is 2.47. The fraction of sp³-hybridized carbons (Fsp3) is 0.923. The summed E-state index contributed by atoms with van der Waals surface area (Å²) in [4.78, 5) is 10.9. The summed E-state index contributed by atoms with van der Waals surface area (Å²) in [6, 6.07) is 0. The molecule has 3 aliphatic heterocycles. The summed E-state index contributed by atoms with van der Waals surface area (Å²) < 4.78 is 34.2. The van der Waals surface area contributed by atoms with E-state index >= 15 is 0 Å². The summed E-state index contributed by atoms with van der Waals surface area (Å²) in [6.07, 6.45) is -2.10. The SMILES string of the molecule is CC1(C)O[C@@H]2[C@@H](CO[C@@]3(COC(N)=O)OC(C)(C)O[C@@H]23)O1. The van der Waals surface area contributed by atoms with Crippen molar-refractivity contribution in [1.29, 1.82) is 0 Å². The third-order valence-corrected chi connectivity index (χ3v) is 3.69. The highest BCUT2D eigenvalue weighted by molar-refractivity contribution is 5.64. The van der Waals surface area contributed by atoms with E-state index < -0.39 is 29.6 Å². The maximum atomic E-state index is 10.9. The van der Waals surface area contributed by atoms with E-state index in [0.717, 1.165) is 0 Å². The van der Waals surface area contributed by atoms with Crippen LogP contribution in [0.4, 0.5) is 4.79 Å². The van der Waals surface area contributed by atoms with Gasteiger partial charge in [0, 0.05) is 0 Å². The van der Waals surface area contributed by atoms with E-state index in [1.54, 1.807) is 13.8 Å². The van der Waals surface area contributed by atoms with Gasteiger partial charge in [-0.25, -0.2) is 4.79 Å². The molecule has 120 valence electrons. The highest BCUT2D eigenvalue weighted by atomic mass is 16.9. The molecular formula is C13H21NO7. The van der Waals surface area contributed by atoms with Crippen LogP contribution in [-0.2, 0) is 28.4 Å². The zero-order valence-electron chi connectivity index (χ0n) is 12.6. The molecule has 4 atom stereocenters. The minimum Gasteiger partial charge on any atom is -0.444 e. The van der Waals surface area contributed by atoms with E-state index in [9.17, 15) is 4.79 Å². The molecule has 21 heavy (non-hydrogen) atoms. The Hall–Kier alpha value is -0.930. The average Bonchev–Trinajstić information content (AvgIpc) is 2.78. The van der Waals surface area contributed by atoms with Gasteiger partial charge in [-0.1, -0.05) is 0 Å². The van der Waals surface area contributed by atoms with E-state index in [-0.39, 0.29) is 25.4 Å². The zero-order chi connectivity index (χ0) is 15.5. The Labute approximate surface area is 122 Å². The average molecular weight is 303 g/mol. The van der Waals surface area contributed by atoms with Gasteiger partial charge in [0.1, 0.15) is 18.3 Å². The lowest BCUT2D eigenvalue weighted by atomic mass is 9.97. The van der Waals surface area contributed by atoms with Gasteiger partial charge in [0.15, 0.2) is 18.2 Å². The number of carbonyl (C=O) groups is 1. The largest absolute Gasteiger partial charge is 0.444 e. The molecule has 0 aromatic rings. The molecule has 0 aliphatic carbocycles. The molecule has 3 rings (SSSR count). The number of nitrogens with two attached hydrogens (primary N) is 1. The van der Waals surface area contributed by atoms with E-state index in [4.69, 9.17) is 34.2 Å². The molecule has 0 aromatic heterocycles. The second-order valence-electron chi connectivity index (χ2n) is 6.41. The number of hydrogen-bond acceptors (Lipinski definition) is 7. The van der Waals surface area contributed by atoms with E-state index in [1.165, 1.54) is 0 Å². The molecule has 3 heterocycles. The van der Waals surface area contributed by atoms with Crippen molar-refractivity contribution in [3.8, 4) is 0 Å². The van der Waals surface area contributed by atoms with Crippen LogP contribution in [0, 0.1) is 0 Å². The fourth-order valence-corrected chi connectivity index (χ4v) is 3.12. The molecule has 3 aliphatic rings. The van der Waals surface area contributed by atoms with Gasteiger partial charge in [-0.15, -0.1) is 0 Å². The van der Waals surface area contributed by atoms with Crippen LogP contribution in [-0.4, -0.2) is 55.0 Å². The van der Waals surface area contributed by atoms with Crippen molar-refractivity contribution in [2.24, 2.45) is 5.73 Å². The van der Waals surface area contributed by atoms with Crippen LogP contribution >= 0.6 is 0 Å². The molecule has 0 radical (unpaired) electrons. The number of rotatable bonds is 2. The maximum absolute atomic E-state index is 10.9. The van der Waals surface area contributed by atoms with Gasteiger partial charge in [0.25, 0.3) is 0 Å². The van der Waals surface area contributed by atoms with Crippen LogP contribution in [0.3, 0.4) is 0 Å². The summed E-state index contributed by atoms with van der Waals surface area (Å²) >= 11 is 0. The van der Waals surface area contributed by atoms with Crippen LogP contribution in [0.2, 0.25) is 0 Å². The number of primary amides is 1. The van der Waals surface area contributed by atoms with Crippen LogP contribution in [0.25, 0.3) is 0 Å². The molecule has 1 amide bonds. The van der Waals surface area contributed by atoms with Crippen LogP contribution in [0.1, 0.15) is 27.7 Å². The van der Waals surface area contributed by atoms with Crippen molar-refractivity contribution < 1.29 is 33.2 Å².